The van der Waals surface area contributed by atoms with Crippen molar-refractivity contribution in [3.05, 3.63) is 74.5 Å². The Balaban J connectivity index is 1.82. The molecular formula is C19H12BrF2N5O2. The number of hydrogen-bond acceptors (Lipinski definition) is 6. The lowest BCUT2D eigenvalue weighted by Crippen LogP contribution is -2.16. The van der Waals surface area contributed by atoms with Crippen LogP contribution in [0.25, 0.3) is 11.3 Å². The number of halogens is 3. The molecule has 0 aliphatic heterocycles. The van der Waals surface area contributed by atoms with Crippen molar-refractivity contribution in [2.75, 3.05) is 5.43 Å². The zero-order chi connectivity index (χ0) is 20.8. The van der Waals surface area contributed by atoms with Gasteiger partial charge in [0.15, 0.2) is 0 Å². The van der Waals surface area contributed by atoms with Gasteiger partial charge in [-0.05, 0) is 39.7 Å². The van der Waals surface area contributed by atoms with Crippen molar-refractivity contribution in [3.63, 3.8) is 0 Å². The Morgan fingerprint density at radius 2 is 2.03 bits per heavy atom. The lowest BCUT2D eigenvalue weighted by Gasteiger charge is -2.07. The number of hydrogen-bond donors (Lipinski definition) is 2. The zero-order valence-corrected chi connectivity index (χ0v) is 16.2. The molecule has 0 amide bonds. The summed E-state index contributed by atoms with van der Waals surface area (Å²) in [5, 5.41) is 13.2. The van der Waals surface area contributed by atoms with Gasteiger partial charge in [0.1, 0.15) is 17.4 Å². The van der Waals surface area contributed by atoms with E-state index in [9.17, 15) is 18.8 Å². The number of aromatic amines is 1. The van der Waals surface area contributed by atoms with Crippen LogP contribution in [0.3, 0.4) is 0 Å². The molecule has 29 heavy (non-hydrogen) atoms. The Morgan fingerprint density at radius 3 is 2.69 bits per heavy atom. The summed E-state index contributed by atoms with van der Waals surface area (Å²) in [6.07, 6.45) is 1.40. The van der Waals surface area contributed by atoms with E-state index in [-0.39, 0.29) is 23.0 Å². The number of alkyl halides is 2. The molecule has 0 aliphatic rings. The topological polar surface area (TPSA) is 103 Å². The molecule has 0 saturated heterocycles. The molecule has 7 nitrogen and oxygen atoms in total. The predicted molar refractivity (Wildman–Crippen MR) is 107 cm³/mol. The minimum Gasteiger partial charge on any atom is -0.434 e. The van der Waals surface area contributed by atoms with Crippen molar-refractivity contribution in [1.82, 2.24) is 9.97 Å². The standard InChI is InChI=1S/C19H12BrF2N5O2/c20-14-8-11(6-7-15(14)29-18(21)22)10-24-27-19-25-16(12-4-2-1-3-5-12)13(9-23)17(28)26-19/h1-8,10,18H,(H2,25,26,27,28). The first-order valence-corrected chi connectivity index (χ1v) is 8.90. The fourth-order valence-electron chi connectivity index (χ4n) is 2.39. The van der Waals surface area contributed by atoms with E-state index in [1.165, 1.54) is 24.4 Å². The molecule has 0 spiro atoms. The number of benzene rings is 2. The molecule has 1 aromatic heterocycles. The van der Waals surface area contributed by atoms with Crippen LogP contribution in [0, 0.1) is 11.3 Å². The summed E-state index contributed by atoms with van der Waals surface area (Å²) in [6, 6.07) is 15.1. The molecule has 0 saturated carbocycles. The summed E-state index contributed by atoms with van der Waals surface area (Å²) in [4.78, 5) is 18.9. The number of nitriles is 1. The van der Waals surface area contributed by atoms with Crippen LogP contribution < -0.4 is 15.7 Å². The van der Waals surface area contributed by atoms with Crippen LogP contribution in [0.15, 0.2) is 62.9 Å². The van der Waals surface area contributed by atoms with Gasteiger partial charge in [0.2, 0.25) is 5.95 Å². The Hall–Kier alpha value is -3.58. The Bertz CT molecular complexity index is 1140. The van der Waals surface area contributed by atoms with Gasteiger partial charge < -0.3 is 4.74 Å². The smallest absolute Gasteiger partial charge is 0.387 e. The van der Waals surface area contributed by atoms with Crippen molar-refractivity contribution >= 4 is 28.1 Å². The average Bonchev–Trinajstić information content (AvgIpc) is 2.70. The molecule has 1 heterocycles. The molecule has 2 N–H and O–H groups in total. The van der Waals surface area contributed by atoms with Crippen LogP contribution in [0.2, 0.25) is 0 Å². The van der Waals surface area contributed by atoms with E-state index in [0.29, 0.717) is 15.6 Å². The number of rotatable bonds is 6. The second-order valence-electron chi connectivity index (χ2n) is 5.55. The van der Waals surface area contributed by atoms with Crippen molar-refractivity contribution in [1.29, 1.82) is 5.26 Å². The highest BCUT2D eigenvalue weighted by Crippen LogP contribution is 2.27. The maximum atomic E-state index is 12.3. The second-order valence-corrected chi connectivity index (χ2v) is 6.41. The molecule has 0 unspecified atom stereocenters. The number of H-pyrrole nitrogens is 1. The summed E-state index contributed by atoms with van der Waals surface area (Å²) in [6.45, 7) is -2.93. The Kier molecular flexibility index (Phi) is 6.31. The molecule has 2 aromatic carbocycles. The van der Waals surface area contributed by atoms with Gasteiger partial charge in [0, 0.05) is 5.56 Å². The maximum absolute atomic E-state index is 12.3. The largest absolute Gasteiger partial charge is 0.434 e. The quantitative estimate of drug-likeness (QED) is 0.426. The number of ether oxygens (including phenoxy) is 1. The summed E-state index contributed by atoms with van der Waals surface area (Å²) in [5.74, 6) is 0.0384. The number of nitrogens with one attached hydrogen (secondary N) is 2. The highest BCUT2D eigenvalue weighted by Gasteiger charge is 2.13. The van der Waals surface area contributed by atoms with Gasteiger partial charge in [-0.2, -0.15) is 19.1 Å². The van der Waals surface area contributed by atoms with Crippen LogP contribution in [0.1, 0.15) is 11.1 Å². The van der Waals surface area contributed by atoms with Crippen LogP contribution >= 0.6 is 15.9 Å². The fourth-order valence-corrected chi connectivity index (χ4v) is 2.88. The summed E-state index contributed by atoms with van der Waals surface area (Å²) in [5.41, 5.74) is 3.29. The van der Waals surface area contributed by atoms with E-state index in [0.717, 1.165) is 0 Å². The van der Waals surface area contributed by atoms with Crippen LogP contribution in [-0.2, 0) is 0 Å². The third kappa shape index (κ3) is 5.03. The van der Waals surface area contributed by atoms with Gasteiger partial charge in [-0.3, -0.25) is 9.78 Å². The highest BCUT2D eigenvalue weighted by atomic mass is 79.9. The maximum Gasteiger partial charge on any atom is 0.387 e. The first-order chi connectivity index (χ1) is 14.0. The van der Waals surface area contributed by atoms with Gasteiger partial charge >= 0.3 is 6.61 Å². The molecule has 0 fully saturated rings. The van der Waals surface area contributed by atoms with E-state index in [4.69, 9.17) is 0 Å². The number of anilines is 1. The molecular weight excluding hydrogens is 448 g/mol. The minimum absolute atomic E-state index is 0.00398. The molecule has 0 radical (unpaired) electrons. The van der Waals surface area contributed by atoms with Crippen LogP contribution in [0.5, 0.6) is 5.75 Å². The SMILES string of the molecule is N#Cc1c(-c2ccccc2)nc(NN=Cc2ccc(OC(F)F)c(Br)c2)[nH]c1=O. The predicted octanol–water partition coefficient (Wildman–Crippen LogP) is 4.12. The molecule has 3 rings (SSSR count). The summed E-state index contributed by atoms with van der Waals surface area (Å²) in [7, 11) is 0. The second kappa shape index (κ2) is 9.07. The Morgan fingerprint density at radius 1 is 1.28 bits per heavy atom. The van der Waals surface area contributed by atoms with E-state index in [1.54, 1.807) is 24.3 Å². The monoisotopic (exact) mass is 459 g/mol. The van der Waals surface area contributed by atoms with Gasteiger partial charge in [-0.25, -0.2) is 10.4 Å². The molecule has 146 valence electrons. The average molecular weight is 460 g/mol. The lowest BCUT2D eigenvalue weighted by molar-refractivity contribution is -0.0503. The van der Waals surface area contributed by atoms with Gasteiger partial charge in [-0.15, -0.1) is 0 Å². The lowest BCUT2D eigenvalue weighted by atomic mass is 10.1. The van der Waals surface area contributed by atoms with Crippen molar-refractivity contribution < 1.29 is 13.5 Å². The van der Waals surface area contributed by atoms with E-state index >= 15 is 0 Å². The van der Waals surface area contributed by atoms with Crippen LogP contribution in [0.4, 0.5) is 14.7 Å². The van der Waals surface area contributed by atoms with E-state index in [2.05, 4.69) is 41.2 Å². The van der Waals surface area contributed by atoms with Crippen molar-refractivity contribution in [2.45, 2.75) is 6.61 Å². The first kappa shape index (κ1) is 20.2. The number of aromatic nitrogens is 2. The molecule has 0 aliphatic carbocycles. The van der Waals surface area contributed by atoms with Crippen molar-refractivity contribution in [2.24, 2.45) is 5.10 Å². The van der Waals surface area contributed by atoms with Gasteiger partial charge in [-0.1, -0.05) is 30.3 Å². The van der Waals surface area contributed by atoms with Crippen LogP contribution in [-0.4, -0.2) is 22.8 Å². The summed E-state index contributed by atoms with van der Waals surface area (Å²) >= 11 is 3.14. The highest BCUT2D eigenvalue weighted by molar-refractivity contribution is 9.10. The molecule has 10 heteroatoms. The van der Waals surface area contributed by atoms with Gasteiger partial charge in [0.25, 0.3) is 5.56 Å². The minimum atomic E-state index is -2.93. The molecule has 3 aromatic rings. The zero-order valence-electron chi connectivity index (χ0n) is 14.6. The fraction of sp³-hybridized carbons (Fsp3) is 0.0526. The normalized spacial score (nSPS) is 10.9. The molecule has 0 atom stereocenters. The van der Waals surface area contributed by atoms with E-state index in [1.807, 2.05) is 12.1 Å². The van der Waals surface area contributed by atoms with Gasteiger partial charge in [0.05, 0.1) is 16.4 Å². The molecule has 0 bridgehead atoms. The third-order valence-corrected chi connectivity index (χ3v) is 4.25. The Labute approximate surface area is 171 Å². The number of hydrazone groups is 1. The van der Waals surface area contributed by atoms with Crippen molar-refractivity contribution in [3.8, 4) is 23.1 Å². The van der Waals surface area contributed by atoms with E-state index < -0.39 is 12.2 Å². The first-order valence-electron chi connectivity index (χ1n) is 8.11. The third-order valence-electron chi connectivity index (χ3n) is 3.63. The summed E-state index contributed by atoms with van der Waals surface area (Å²) < 4.78 is 29.3. The number of nitrogens with zero attached hydrogens (tertiary/aromatic N) is 3.